The second-order valence-corrected chi connectivity index (χ2v) is 4.84. The van der Waals surface area contributed by atoms with Crippen LogP contribution in [0.5, 0.6) is 23.1 Å². The van der Waals surface area contributed by atoms with E-state index in [0.717, 1.165) is 5.39 Å². The van der Waals surface area contributed by atoms with Crippen molar-refractivity contribution < 1.29 is 18.6 Å². The summed E-state index contributed by atoms with van der Waals surface area (Å²) < 4.78 is 29.8. The molecule has 0 aliphatic carbocycles. The summed E-state index contributed by atoms with van der Waals surface area (Å²) in [4.78, 5) is 4.36. The Hall–Kier alpha value is -3.02. The number of anilines is 1. The lowest BCUT2D eigenvalue weighted by Gasteiger charge is -2.10. The Kier molecular flexibility index (Phi) is 3.89. The number of hydrogen-bond acceptors (Lipinski definition) is 5. The Morgan fingerprint density at radius 3 is 2.35 bits per heavy atom. The first-order valence-electron chi connectivity index (χ1n) is 6.86. The van der Waals surface area contributed by atoms with Crippen molar-refractivity contribution in [3.05, 3.63) is 48.3 Å². The number of rotatable bonds is 4. The summed E-state index contributed by atoms with van der Waals surface area (Å²) in [6, 6.07) is 11.2. The number of nitrogens with two attached hydrogens (primary N) is 1. The first-order chi connectivity index (χ1) is 11.1. The third kappa shape index (κ3) is 2.96. The average molecular weight is 314 g/mol. The quantitative estimate of drug-likeness (QED) is 0.743. The number of pyridine rings is 1. The number of methoxy groups -OCH3 is 2. The molecule has 0 atom stereocenters. The molecule has 0 radical (unpaired) electrons. The van der Waals surface area contributed by atoms with Gasteiger partial charge >= 0.3 is 0 Å². The fraction of sp³-hybridized carbons (Fsp3) is 0.118. The molecule has 3 rings (SSSR count). The molecule has 0 amide bonds. The van der Waals surface area contributed by atoms with Crippen LogP contribution in [0.4, 0.5) is 10.1 Å². The van der Waals surface area contributed by atoms with E-state index in [-0.39, 0.29) is 11.6 Å². The van der Waals surface area contributed by atoms with Crippen molar-refractivity contribution in [2.45, 2.75) is 0 Å². The molecule has 1 heterocycles. The minimum absolute atomic E-state index is 0.0616. The fourth-order valence-electron chi connectivity index (χ4n) is 2.20. The Labute approximate surface area is 132 Å². The van der Waals surface area contributed by atoms with Gasteiger partial charge in [-0.2, -0.15) is 0 Å². The van der Waals surface area contributed by atoms with Crippen LogP contribution in [0.3, 0.4) is 0 Å². The first-order valence-corrected chi connectivity index (χ1v) is 6.86. The van der Waals surface area contributed by atoms with Gasteiger partial charge in [0.05, 0.1) is 19.7 Å². The molecular formula is C17H15FN2O3. The van der Waals surface area contributed by atoms with Crippen LogP contribution >= 0.6 is 0 Å². The van der Waals surface area contributed by atoms with E-state index in [2.05, 4.69) is 4.98 Å². The summed E-state index contributed by atoms with van der Waals surface area (Å²) >= 11 is 0. The largest absolute Gasteiger partial charge is 0.493 e. The van der Waals surface area contributed by atoms with E-state index in [0.29, 0.717) is 22.7 Å². The number of aromatic nitrogens is 1. The van der Waals surface area contributed by atoms with E-state index in [9.17, 15) is 4.39 Å². The summed E-state index contributed by atoms with van der Waals surface area (Å²) in [5.41, 5.74) is 6.50. The molecule has 5 nitrogen and oxygen atoms in total. The molecule has 2 aromatic carbocycles. The number of fused-ring (bicyclic) bond motifs is 1. The summed E-state index contributed by atoms with van der Waals surface area (Å²) in [5, 5.41) is 0.854. The predicted octanol–water partition coefficient (Wildman–Crippen LogP) is 3.77. The number of benzene rings is 2. The van der Waals surface area contributed by atoms with Gasteiger partial charge in [-0.25, -0.2) is 9.37 Å². The highest BCUT2D eigenvalue weighted by atomic mass is 19.1. The van der Waals surface area contributed by atoms with Gasteiger partial charge in [0.1, 0.15) is 0 Å². The monoisotopic (exact) mass is 314 g/mol. The van der Waals surface area contributed by atoms with E-state index in [1.54, 1.807) is 32.4 Å². The zero-order valence-electron chi connectivity index (χ0n) is 12.7. The Balaban J connectivity index is 1.99. The van der Waals surface area contributed by atoms with E-state index in [1.807, 2.05) is 12.1 Å². The van der Waals surface area contributed by atoms with Crippen molar-refractivity contribution >= 4 is 16.6 Å². The van der Waals surface area contributed by atoms with Crippen LogP contribution in [0, 0.1) is 5.82 Å². The van der Waals surface area contributed by atoms with Crippen LogP contribution in [-0.4, -0.2) is 19.2 Å². The molecule has 0 aliphatic rings. The zero-order valence-corrected chi connectivity index (χ0v) is 12.7. The topological polar surface area (TPSA) is 66.6 Å². The van der Waals surface area contributed by atoms with Crippen molar-refractivity contribution in [3.63, 3.8) is 0 Å². The molecule has 0 unspecified atom stereocenters. The normalized spacial score (nSPS) is 10.6. The van der Waals surface area contributed by atoms with Crippen LogP contribution in [0.15, 0.2) is 42.5 Å². The molecule has 0 saturated carbocycles. The van der Waals surface area contributed by atoms with Gasteiger partial charge in [0.25, 0.3) is 0 Å². The van der Waals surface area contributed by atoms with Crippen molar-refractivity contribution in [2.24, 2.45) is 0 Å². The van der Waals surface area contributed by atoms with E-state index in [1.165, 1.54) is 12.1 Å². The number of nitrogen functional groups attached to an aromatic ring is 1. The van der Waals surface area contributed by atoms with Crippen molar-refractivity contribution in [1.82, 2.24) is 4.98 Å². The number of ether oxygens (including phenoxy) is 3. The fourth-order valence-corrected chi connectivity index (χ4v) is 2.20. The second-order valence-electron chi connectivity index (χ2n) is 4.84. The molecule has 0 aliphatic heterocycles. The smallest absolute Gasteiger partial charge is 0.219 e. The molecule has 3 aromatic rings. The molecule has 0 spiro atoms. The highest BCUT2D eigenvalue weighted by Gasteiger charge is 2.10. The van der Waals surface area contributed by atoms with Crippen LogP contribution in [0.1, 0.15) is 0 Å². The highest BCUT2D eigenvalue weighted by Crippen LogP contribution is 2.33. The molecule has 1 aromatic heterocycles. The maximum atomic E-state index is 13.8. The lowest BCUT2D eigenvalue weighted by atomic mass is 10.2. The van der Waals surface area contributed by atoms with Gasteiger partial charge in [-0.3, -0.25) is 0 Å². The van der Waals surface area contributed by atoms with Gasteiger partial charge in [-0.05, 0) is 24.3 Å². The molecule has 2 N–H and O–H groups in total. The lowest BCUT2D eigenvalue weighted by Crippen LogP contribution is -1.95. The lowest BCUT2D eigenvalue weighted by molar-refractivity contribution is 0.355. The van der Waals surface area contributed by atoms with Crippen LogP contribution in [-0.2, 0) is 0 Å². The van der Waals surface area contributed by atoms with Crippen molar-refractivity contribution in [1.29, 1.82) is 0 Å². The van der Waals surface area contributed by atoms with Crippen molar-refractivity contribution in [2.75, 3.05) is 20.0 Å². The van der Waals surface area contributed by atoms with E-state index >= 15 is 0 Å². The highest BCUT2D eigenvalue weighted by molar-refractivity contribution is 5.83. The first kappa shape index (κ1) is 14.9. The predicted molar refractivity (Wildman–Crippen MR) is 85.7 cm³/mol. The third-order valence-corrected chi connectivity index (χ3v) is 3.34. The molecule has 0 bridgehead atoms. The SMILES string of the molecule is COc1cc2ccc(Oc3ccc(N)cc3F)nc2cc1OC. The van der Waals surface area contributed by atoms with Gasteiger partial charge < -0.3 is 19.9 Å². The van der Waals surface area contributed by atoms with Crippen LogP contribution < -0.4 is 19.9 Å². The molecule has 6 heteroatoms. The molecule has 118 valence electrons. The number of halogens is 1. The van der Waals surface area contributed by atoms with E-state index in [4.69, 9.17) is 19.9 Å². The molecule has 0 fully saturated rings. The Bertz CT molecular complexity index is 868. The zero-order chi connectivity index (χ0) is 16.4. The number of hydrogen-bond donors (Lipinski definition) is 1. The van der Waals surface area contributed by atoms with Gasteiger partial charge in [0.15, 0.2) is 23.1 Å². The molecular weight excluding hydrogens is 299 g/mol. The summed E-state index contributed by atoms with van der Waals surface area (Å²) in [5.74, 6) is 0.961. The Morgan fingerprint density at radius 1 is 0.913 bits per heavy atom. The van der Waals surface area contributed by atoms with Gasteiger partial charge in [0.2, 0.25) is 5.88 Å². The Morgan fingerprint density at radius 2 is 1.65 bits per heavy atom. The van der Waals surface area contributed by atoms with Crippen LogP contribution in [0.25, 0.3) is 10.9 Å². The summed E-state index contributed by atoms with van der Waals surface area (Å²) in [6.07, 6.45) is 0. The van der Waals surface area contributed by atoms with Crippen LogP contribution in [0.2, 0.25) is 0 Å². The summed E-state index contributed by atoms with van der Waals surface area (Å²) in [6.45, 7) is 0. The number of nitrogens with zero attached hydrogens (tertiary/aromatic N) is 1. The minimum Gasteiger partial charge on any atom is -0.493 e. The second kappa shape index (κ2) is 6.00. The maximum Gasteiger partial charge on any atom is 0.219 e. The average Bonchev–Trinajstić information content (AvgIpc) is 2.56. The standard InChI is InChI=1S/C17H15FN2O3/c1-21-15-7-10-3-6-17(20-13(10)9-16(15)22-2)23-14-5-4-11(19)8-12(14)18/h3-9H,19H2,1-2H3. The van der Waals surface area contributed by atoms with Gasteiger partial charge in [-0.15, -0.1) is 0 Å². The summed E-state index contributed by atoms with van der Waals surface area (Å²) in [7, 11) is 3.12. The molecule has 0 saturated heterocycles. The minimum atomic E-state index is -0.542. The molecule has 23 heavy (non-hydrogen) atoms. The third-order valence-electron chi connectivity index (χ3n) is 3.34. The van der Waals surface area contributed by atoms with Gasteiger partial charge in [-0.1, -0.05) is 0 Å². The van der Waals surface area contributed by atoms with Crippen molar-refractivity contribution in [3.8, 4) is 23.1 Å². The maximum absolute atomic E-state index is 13.8. The van der Waals surface area contributed by atoms with Gasteiger partial charge in [0, 0.05) is 29.3 Å². The van der Waals surface area contributed by atoms with E-state index < -0.39 is 5.82 Å².